The number of rotatable bonds is 5. The second kappa shape index (κ2) is 9.81. The molecule has 3 aliphatic carbocycles. The monoisotopic (exact) mass is 458 g/mol. The van der Waals surface area contributed by atoms with Crippen molar-refractivity contribution in [3.05, 3.63) is 23.3 Å². The van der Waals surface area contributed by atoms with Gasteiger partial charge >= 0.3 is 0 Å². The summed E-state index contributed by atoms with van der Waals surface area (Å²) in [5, 5.41) is 20.1. The van der Waals surface area contributed by atoms with E-state index < -0.39 is 0 Å². The van der Waals surface area contributed by atoms with E-state index in [0.29, 0.717) is 40.4 Å². The Balaban J connectivity index is 1.77. The molecule has 0 amide bonds. The van der Waals surface area contributed by atoms with Crippen LogP contribution in [0.15, 0.2) is 23.3 Å². The molecular weight excluding hydrogens is 404 g/mol. The van der Waals surface area contributed by atoms with Gasteiger partial charge in [0.25, 0.3) is 0 Å². The van der Waals surface area contributed by atoms with Crippen LogP contribution in [0.4, 0.5) is 0 Å². The van der Waals surface area contributed by atoms with Crippen LogP contribution in [0.1, 0.15) is 114 Å². The Hall–Kier alpha value is -0.600. The number of hydrogen-bond acceptors (Lipinski definition) is 2. The van der Waals surface area contributed by atoms with Crippen LogP contribution in [-0.4, -0.2) is 22.4 Å². The maximum absolute atomic E-state index is 10.1. The van der Waals surface area contributed by atoms with Crippen LogP contribution in [-0.2, 0) is 0 Å². The van der Waals surface area contributed by atoms with E-state index in [1.54, 1.807) is 5.57 Å². The minimum Gasteiger partial charge on any atom is -0.393 e. The molecule has 0 aromatic carbocycles. The molecule has 0 aromatic heterocycles. The lowest BCUT2D eigenvalue weighted by Gasteiger charge is -2.50. The average Bonchev–Trinajstić information content (AvgIpc) is 3.06. The summed E-state index contributed by atoms with van der Waals surface area (Å²) >= 11 is 0. The van der Waals surface area contributed by atoms with Crippen LogP contribution in [0.5, 0.6) is 0 Å². The Bertz CT molecular complexity index is 727. The highest BCUT2D eigenvalue weighted by Gasteiger charge is 2.52. The van der Waals surface area contributed by atoms with Crippen molar-refractivity contribution in [2.45, 2.75) is 126 Å². The Labute approximate surface area is 205 Å². The van der Waals surface area contributed by atoms with E-state index in [4.69, 9.17) is 0 Å². The Morgan fingerprint density at radius 3 is 2.12 bits per heavy atom. The summed E-state index contributed by atoms with van der Waals surface area (Å²) in [6.07, 6.45) is 12.4. The summed E-state index contributed by atoms with van der Waals surface area (Å²) in [4.78, 5) is 0. The van der Waals surface area contributed by atoms with E-state index in [-0.39, 0.29) is 12.2 Å². The van der Waals surface area contributed by atoms with E-state index in [1.807, 2.05) is 0 Å². The van der Waals surface area contributed by atoms with Crippen molar-refractivity contribution in [2.75, 3.05) is 0 Å². The molecule has 2 N–H and O–H groups in total. The number of aliphatic hydroxyl groups is 2. The number of hydrogen-bond donors (Lipinski definition) is 2. The predicted molar refractivity (Wildman–Crippen MR) is 141 cm³/mol. The quantitative estimate of drug-likeness (QED) is 0.439. The zero-order valence-electron chi connectivity index (χ0n) is 23.2. The highest BCUT2D eigenvalue weighted by Crippen LogP contribution is 2.61. The maximum atomic E-state index is 10.1. The van der Waals surface area contributed by atoms with Crippen molar-refractivity contribution in [3.8, 4) is 0 Å². The van der Waals surface area contributed by atoms with Gasteiger partial charge in [-0.25, -0.2) is 0 Å². The Kier molecular flexibility index (Phi) is 8.02. The van der Waals surface area contributed by atoms with Gasteiger partial charge in [0.05, 0.1) is 12.2 Å². The van der Waals surface area contributed by atoms with Crippen molar-refractivity contribution in [3.63, 3.8) is 0 Å². The van der Waals surface area contributed by atoms with Crippen LogP contribution in [0, 0.1) is 45.8 Å². The Morgan fingerprint density at radius 1 is 0.939 bits per heavy atom. The second-order valence-electron chi connectivity index (χ2n) is 14.1. The van der Waals surface area contributed by atoms with Crippen molar-refractivity contribution < 1.29 is 10.2 Å². The molecule has 3 saturated carbocycles. The summed E-state index contributed by atoms with van der Waals surface area (Å²) in [7, 11) is 0. The summed E-state index contributed by atoms with van der Waals surface area (Å²) in [6.45, 7) is 22.4. The zero-order chi connectivity index (χ0) is 24.8. The molecule has 190 valence electrons. The van der Waals surface area contributed by atoms with Gasteiger partial charge in [-0.05, 0) is 97.2 Å². The molecule has 3 fully saturated rings. The minimum atomic E-state index is -0.382. The fourth-order valence-corrected chi connectivity index (χ4v) is 7.84. The van der Waals surface area contributed by atoms with Crippen molar-refractivity contribution in [1.82, 2.24) is 0 Å². The summed E-state index contributed by atoms with van der Waals surface area (Å²) in [5.74, 6) is 3.62. The molecule has 2 nitrogen and oxygen atoms in total. The third kappa shape index (κ3) is 5.32. The predicted octanol–water partition coefficient (Wildman–Crippen LogP) is 7.94. The van der Waals surface area contributed by atoms with Crippen LogP contribution in [0.2, 0.25) is 0 Å². The standard InChI is InChI=1S/C31H54O2/c1-20(22(3)30(7,8)29(4,5)6)21(2)27-14-15-28-24(11-10-16-31(27,28)9)13-12-23-17-25(32)19-26(33)18-23/h12-13,20-22,25-28,32-33H,10-11,14-19H2,1-9H3/b24-13+/t20?,21?,22?,25-,26-,27?,28?,31?/m1/s1. The summed E-state index contributed by atoms with van der Waals surface area (Å²) in [6, 6.07) is 0. The summed E-state index contributed by atoms with van der Waals surface area (Å²) in [5.41, 5.74) is 3.87. The third-order valence-electron chi connectivity index (χ3n) is 11.4. The van der Waals surface area contributed by atoms with E-state index in [2.05, 4.69) is 74.5 Å². The minimum absolute atomic E-state index is 0.303. The van der Waals surface area contributed by atoms with Gasteiger partial charge in [0, 0.05) is 0 Å². The molecular formula is C31H54O2. The molecule has 33 heavy (non-hydrogen) atoms. The van der Waals surface area contributed by atoms with Gasteiger partial charge in [-0.1, -0.05) is 85.6 Å². The molecule has 8 atom stereocenters. The van der Waals surface area contributed by atoms with Crippen LogP contribution >= 0.6 is 0 Å². The van der Waals surface area contributed by atoms with Crippen molar-refractivity contribution in [1.29, 1.82) is 0 Å². The number of aliphatic hydroxyl groups excluding tert-OH is 2. The lowest BCUT2D eigenvalue weighted by molar-refractivity contribution is -0.00892. The molecule has 0 saturated heterocycles. The first-order valence-electron chi connectivity index (χ1n) is 13.9. The molecule has 2 heteroatoms. The van der Waals surface area contributed by atoms with Gasteiger partial charge in [0.2, 0.25) is 0 Å². The molecule has 0 aromatic rings. The van der Waals surface area contributed by atoms with E-state index in [1.165, 1.54) is 37.7 Å². The van der Waals surface area contributed by atoms with Gasteiger partial charge < -0.3 is 10.2 Å². The lowest BCUT2D eigenvalue weighted by Crippen LogP contribution is -2.43. The number of fused-ring (bicyclic) bond motifs is 1. The highest BCUT2D eigenvalue weighted by molar-refractivity contribution is 5.26. The molecule has 0 spiro atoms. The first-order chi connectivity index (χ1) is 15.2. The normalized spacial score (nSPS) is 37.5. The molecule has 0 aliphatic heterocycles. The van der Waals surface area contributed by atoms with E-state index in [9.17, 15) is 10.2 Å². The van der Waals surface area contributed by atoms with Crippen LogP contribution in [0.3, 0.4) is 0 Å². The van der Waals surface area contributed by atoms with Gasteiger partial charge in [-0.15, -0.1) is 0 Å². The van der Waals surface area contributed by atoms with Crippen molar-refractivity contribution in [2.24, 2.45) is 45.8 Å². The Morgan fingerprint density at radius 2 is 1.55 bits per heavy atom. The first-order valence-corrected chi connectivity index (χ1v) is 13.9. The van der Waals surface area contributed by atoms with Gasteiger partial charge in [-0.3, -0.25) is 0 Å². The van der Waals surface area contributed by atoms with E-state index in [0.717, 1.165) is 24.7 Å². The van der Waals surface area contributed by atoms with Crippen LogP contribution in [0.25, 0.3) is 0 Å². The second-order valence-corrected chi connectivity index (χ2v) is 14.1. The lowest BCUT2D eigenvalue weighted by atomic mass is 9.54. The molecule has 0 heterocycles. The SMILES string of the molecule is CC(C(C)C(C)C(C)(C)C(C)(C)C)C1CCC2/C(=C/C=C3C[C@@H](O)C[C@H](O)C3)CCCC21C. The van der Waals surface area contributed by atoms with E-state index >= 15 is 0 Å². The molecule has 3 rings (SSSR count). The van der Waals surface area contributed by atoms with Gasteiger partial charge in [-0.2, -0.15) is 0 Å². The number of allylic oxidation sites excluding steroid dienone is 3. The zero-order valence-corrected chi connectivity index (χ0v) is 23.2. The fraction of sp³-hybridized carbons (Fsp3) is 0.871. The molecule has 3 aliphatic rings. The topological polar surface area (TPSA) is 40.5 Å². The average molecular weight is 459 g/mol. The maximum Gasteiger partial charge on any atom is 0.0602 e. The molecule has 6 unspecified atom stereocenters. The van der Waals surface area contributed by atoms with Gasteiger partial charge in [0.15, 0.2) is 0 Å². The third-order valence-corrected chi connectivity index (χ3v) is 11.4. The fourth-order valence-electron chi connectivity index (χ4n) is 7.84. The van der Waals surface area contributed by atoms with Crippen LogP contribution < -0.4 is 0 Å². The molecule has 0 bridgehead atoms. The summed E-state index contributed by atoms with van der Waals surface area (Å²) < 4.78 is 0. The first kappa shape index (κ1) is 27.0. The highest BCUT2D eigenvalue weighted by atomic mass is 16.3. The molecule has 0 radical (unpaired) electrons. The largest absolute Gasteiger partial charge is 0.393 e. The van der Waals surface area contributed by atoms with Crippen molar-refractivity contribution >= 4 is 0 Å². The smallest absolute Gasteiger partial charge is 0.0602 e. The van der Waals surface area contributed by atoms with Gasteiger partial charge in [0.1, 0.15) is 0 Å².